The second-order valence-electron chi connectivity index (χ2n) is 7.52. The van der Waals surface area contributed by atoms with Crippen LogP contribution in [0, 0.1) is 0 Å². The molecule has 12 nitrogen and oxygen atoms in total. The Morgan fingerprint density at radius 1 is 0.528 bits per heavy atom. The maximum atomic E-state index is 9.36. The monoisotopic (exact) mass is 573 g/mol. The third-order valence-corrected chi connectivity index (χ3v) is 7.72. The Kier molecular flexibility index (Phi) is 20.5. The lowest BCUT2D eigenvalue weighted by atomic mass is 10.4. The molecule has 3 atom stereocenters. The molecule has 0 aliphatic carbocycles. The summed E-state index contributed by atoms with van der Waals surface area (Å²) in [5, 5.41) is 54.6. The molecule has 0 aromatic carbocycles. The molecule has 1 rings (SSSR count). The summed E-state index contributed by atoms with van der Waals surface area (Å²) in [7, 11) is 0. The van der Waals surface area contributed by atoms with E-state index >= 15 is 0 Å². The van der Waals surface area contributed by atoms with Gasteiger partial charge in [0.15, 0.2) is 0 Å². The summed E-state index contributed by atoms with van der Waals surface area (Å²) in [6, 6.07) is 0.240. The Hall–Kier alpha value is -0.780. The Labute approximate surface area is 224 Å². The lowest BCUT2D eigenvalue weighted by molar-refractivity contribution is 0.113. The zero-order valence-corrected chi connectivity index (χ0v) is 22.8. The molecule has 0 amide bonds. The highest BCUT2D eigenvalue weighted by atomic mass is 32.2. The fourth-order valence-corrected chi connectivity index (χ4v) is 4.90. The van der Waals surface area contributed by atoms with Gasteiger partial charge in [0.2, 0.25) is 0 Å². The SMILES string of the molecule is OCC(O)CSCCCOc1nc(OCCCSCC(O)CO)nc(OCCCSCC(O)CO)n1. The van der Waals surface area contributed by atoms with Crippen LogP contribution in [-0.4, -0.2) is 138 Å². The molecule has 210 valence electrons. The molecular weight excluding hydrogens is 534 g/mol. The van der Waals surface area contributed by atoms with Crippen LogP contribution in [0.5, 0.6) is 18.0 Å². The molecule has 1 aromatic rings. The van der Waals surface area contributed by atoms with Crippen molar-refractivity contribution < 1.29 is 44.8 Å². The molecule has 1 aromatic heterocycles. The van der Waals surface area contributed by atoms with E-state index in [1.807, 2.05) is 0 Å². The van der Waals surface area contributed by atoms with Gasteiger partial charge in [0.25, 0.3) is 0 Å². The lowest BCUT2D eigenvalue weighted by Gasteiger charge is -2.11. The van der Waals surface area contributed by atoms with Crippen LogP contribution in [0.15, 0.2) is 0 Å². The van der Waals surface area contributed by atoms with E-state index in [-0.39, 0.29) is 37.9 Å². The summed E-state index contributed by atoms with van der Waals surface area (Å²) in [6.07, 6.45) is -0.113. The molecular formula is C21H39N3O9S3. The van der Waals surface area contributed by atoms with Crippen LogP contribution in [0.25, 0.3) is 0 Å². The fraction of sp³-hybridized carbons (Fsp3) is 0.857. The Morgan fingerprint density at radius 2 is 0.806 bits per heavy atom. The highest BCUT2D eigenvalue weighted by Gasteiger charge is 2.11. The van der Waals surface area contributed by atoms with Crippen molar-refractivity contribution >= 4 is 35.3 Å². The van der Waals surface area contributed by atoms with Gasteiger partial charge in [-0.15, -0.1) is 15.0 Å². The van der Waals surface area contributed by atoms with Gasteiger partial charge in [-0.05, 0) is 36.5 Å². The molecule has 1 heterocycles. The summed E-state index contributed by atoms with van der Waals surface area (Å²) in [5.41, 5.74) is 0. The maximum Gasteiger partial charge on any atom is 0.325 e. The van der Waals surface area contributed by atoms with Crippen LogP contribution in [0.1, 0.15) is 19.3 Å². The molecule has 36 heavy (non-hydrogen) atoms. The average molecular weight is 574 g/mol. The molecule has 3 unspecified atom stereocenters. The number of hydrogen-bond donors (Lipinski definition) is 6. The molecule has 6 N–H and O–H groups in total. The number of nitrogens with zero attached hydrogens (tertiary/aromatic N) is 3. The topological polar surface area (TPSA) is 188 Å². The standard InChI is InChI=1S/C21H39N3O9S3/c25-10-16(28)13-34-7-1-4-31-19-22-20(32-5-2-8-35-14-17(29)11-26)24-21(23-19)33-6-3-9-36-15-18(30)12-27/h16-18,25-30H,1-15H2. The van der Waals surface area contributed by atoms with Crippen molar-refractivity contribution in [2.24, 2.45) is 0 Å². The molecule has 0 saturated heterocycles. The minimum atomic E-state index is -0.727. The first-order valence-electron chi connectivity index (χ1n) is 11.7. The van der Waals surface area contributed by atoms with Crippen molar-refractivity contribution in [3.8, 4) is 18.0 Å². The van der Waals surface area contributed by atoms with Crippen molar-refractivity contribution in [3.63, 3.8) is 0 Å². The van der Waals surface area contributed by atoms with Gasteiger partial charge in [0, 0.05) is 17.3 Å². The number of rotatable bonds is 24. The second-order valence-corrected chi connectivity index (χ2v) is 11.0. The van der Waals surface area contributed by atoms with Crippen molar-refractivity contribution in [3.05, 3.63) is 0 Å². The highest BCUT2D eigenvalue weighted by Crippen LogP contribution is 2.17. The van der Waals surface area contributed by atoms with E-state index in [9.17, 15) is 15.3 Å². The minimum Gasteiger partial charge on any atom is -0.463 e. The predicted octanol–water partition coefficient (Wildman–Crippen LogP) is -0.562. The number of ether oxygens (including phenoxy) is 3. The zero-order valence-electron chi connectivity index (χ0n) is 20.3. The summed E-state index contributed by atoms with van der Waals surface area (Å²) >= 11 is 4.54. The molecule has 0 fully saturated rings. The summed E-state index contributed by atoms with van der Waals surface area (Å²) in [4.78, 5) is 12.5. The third-order valence-electron chi connectivity index (χ3n) is 4.13. The molecule has 0 aliphatic heterocycles. The van der Waals surface area contributed by atoms with Crippen molar-refractivity contribution in [2.75, 3.05) is 74.2 Å². The maximum absolute atomic E-state index is 9.36. The summed E-state index contributed by atoms with van der Waals surface area (Å²) in [5.74, 6) is 3.56. The van der Waals surface area contributed by atoms with Crippen molar-refractivity contribution in [1.82, 2.24) is 15.0 Å². The van der Waals surface area contributed by atoms with Crippen LogP contribution >= 0.6 is 35.3 Å². The zero-order chi connectivity index (χ0) is 26.4. The van der Waals surface area contributed by atoms with Gasteiger partial charge >= 0.3 is 18.0 Å². The van der Waals surface area contributed by atoms with Crippen LogP contribution < -0.4 is 14.2 Å². The third kappa shape index (κ3) is 17.6. The number of aliphatic hydroxyl groups excluding tert-OH is 6. The van der Waals surface area contributed by atoms with E-state index in [2.05, 4.69) is 15.0 Å². The first kappa shape index (κ1) is 33.2. The summed E-state index contributed by atoms with van der Waals surface area (Å²) < 4.78 is 16.9. The van der Waals surface area contributed by atoms with Crippen molar-refractivity contribution in [2.45, 2.75) is 37.6 Å². The highest BCUT2D eigenvalue weighted by molar-refractivity contribution is 7.99. The van der Waals surface area contributed by atoms with Crippen LogP contribution in [0.2, 0.25) is 0 Å². The van der Waals surface area contributed by atoms with Crippen LogP contribution in [0.3, 0.4) is 0 Å². The smallest absolute Gasteiger partial charge is 0.325 e. The number of aromatic nitrogens is 3. The van der Waals surface area contributed by atoms with Gasteiger partial charge in [-0.3, -0.25) is 0 Å². The van der Waals surface area contributed by atoms with Gasteiger partial charge in [0.1, 0.15) is 0 Å². The van der Waals surface area contributed by atoms with Crippen LogP contribution in [0.4, 0.5) is 0 Å². The second kappa shape index (κ2) is 22.2. The van der Waals surface area contributed by atoms with E-state index in [0.29, 0.717) is 56.3 Å². The summed E-state index contributed by atoms with van der Waals surface area (Å²) in [6.45, 7) is 0.266. The Balaban J connectivity index is 2.48. The Morgan fingerprint density at radius 3 is 1.06 bits per heavy atom. The van der Waals surface area contributed by atoms with E-state index in [1.54, 1.807) is 0 Å². The average Bonchev–Trinajstić information content (AvgIpc) is 2.89. The first-order valence-corrected chi connectivity index (χ1v) is 15.2. The molecule has 0 aliphatic rings. The molecule has 0 radical (unpaired) electrons. The van der Waals surface area contributed by atoms with E-state index in [4.69, 9.17) is 29.5 Å². The van der Waals surface area contributed by atoms with Gasteiger partial charge in [-0.2, -0.15) is 35.3 Å². The molecule has 15 heteroatoms. The van der Waals surface area contributed by atoms with Gasteiger partial charge in [-0.25, -0.2) is 0 Å². The number of hydrogen-bond acceptors (Lipinski definition) is 15. The number of aliphatic hydroxyl groups is 6. The lowest BCUT2D eigenvalue weighted by Crippen LogP contribution is -2.15. The normalized spacial score (nSPS) is 13.8. The first-order chi connectivity index (χ1) is 17.5. The molecule has 0 spiro atoms. The molecule has 0 saturated carbocycles. The van der Waals surface area contributed by atoms with Crippen molar-refractivity contribution in [1.29, 1.82) is 0 Å². The quantitative estimate of drug-likeness (QED) is 0.0863. The Bertz CT molecular complexity index is 572. The van der Waals surface area contributed by atoms with E-state index in [1.165, 1.54) is 35.3 Å². The van der Waals surface area contributed by atoms with Gasteiger partial charge in [-0.1, -0.05) is 0 Å². The van der Waals surface area contributed by atoms with E-state index in [0.717, 1.165) is 17.3 Å². The molecule has 0 bridgehead atoms. The largest absolute Gasteiger partial charge is 0.463 e. The fourth-order valence-electron chi connectivity index (χ4n) is 2.30. The number of thioether (sulfide) groups is 3. The minimum absolute atomic E-state index is 0.0799. The van der Waals surface area contributed by atoms with Gasteiger partial charge in [0.05, 0.1) is 58.0 Å². The predicted molar refractivity (Wildman–Crippen MR) is 141 cm³/mol. The van der Waals surface area contributed by atoms with Gasteiger partial charge < -0.3 is 44.8 Å². The van der Waals surface area contributed by atoms with E-state index < -0.39 is 18.3 Å². The van der Waals surface area contributed by atoms with Crippen LogP contribution in [-0.2, 0) is 0 Å².